The quantitative estimate of drug-likeness (QED) is 0.727. The first-order valence-corrected chi connectivity index (χ1v) is 6.02. The molecule has 0 aliphatic heterocycles. The largest absolute Gasteiger partial charge is 0.480 e. The topological polar surface area (TPSA) is 98.7 Å². The number of para-hydroxylation sites is 1. The summed E-state index contributed by atoms with van der Waals surface area (Å²) < 4.78 is 0. The Balaban J connectivity index is 2.86. The van der Waals surface area contributed by atoms with Crippen molar-refractivity contribution in [2.75, 3.05) is 18.5 Å². The van der Waals surface area contributed by atoms with Crippen LogP contribution in [0.5, 0.6) is 0 Å². The number of nitrogens with one attached hydrogen (secondary N) is 2. The van der Waals surface area contributed by atoms with Crippen LogP contribution in [-0.4, -0.2) is 42.6 Å². The minimum Gasteiger partial charge on any atom is -0.480 e. The van der Waals surface area contributed by atoms with Gasteiger partial charge in [0.2, 0.25) is 5.91 Å². The van der Waals surface area contributed by atoms with Gasteiger partial charge in [0.25, 0.3) is 0 Å². The van der Waals surface area contributed by atoms with Crippen LogP contribution in [0.15, 0.2) is 30.3 Å². The lowest BCUT2D eigenvalue weighted by Crippen LogP contribution is -2.50. The van der Waals surface area contributed by atoms with Crippen LogP contribution in [0.2, 0.25) is 0 Å². The number of hydrogen-bond donors (Lipinski definition) is 3. The van der Waals surface area contributed by atoms with Gasteiger partial charge in [0.1, 0.15) is 12.6 Å². The lowest BCUT2D eigenvalue weighted by molar-refractivity contribution is -0.135. The fourth-order valence-corrected chi connectivity index (χ4v) is 1.57. The number of carbonyl (C=O) groups is 3. The third kappa shape index (κ3) is 4.27. The third-order valence-electron chi connectivity index (χ3n) is 2.59. The maximum absolute atomic E-state index is 12.1. The van der Waals surface area contributed by atoms with E-state index < -0.39 is 24.6 Å². The molecule has 0 fully saturated rings. The summed E-state index contributed by atoms with van der Waals surface area (Å²) in [5.41, 5.74) is 0.441. The maximum atomic E-state index is 12.1. The van der Waals surface area contributed by atoms with E-state index in [9.17, 15) is 14.4 Å². The molecule has 0 heterocycles. The first kappa shape index (κ1) is 15.5. The molecular formula is C13H17N3O4. The first-order valence-electron chi connectivity index (χ1n) is 6.02. The van der Waals surface area contributed by atoms with Crippen molar-refractivity contribution in [2.24, 2.45) is 0 Å². The van der Waals surface area contributed by atoms with Gasteiger partial charge >= 0.3 is 12.0 Å². The highest BCUT2D eigenvalue weighted by atomic mass is 16.4. The standard InChI is InChI=1S/C13H17N3O4/c1-9(12(19)14-2)15-13(20)16(8-11(17)18)10-6-4-3-5-7-10/h3-7,9H,8H2,1-2H3,(H,14,19)(H,15,20)(H,17,18). The van der Waals surface area contributed by atoms with Crippen LogP contribution >= 0.6 is 0 Å². The number of benzene rings is 1. The Morgan fingerprint density at radius 3 is 2.35 bits per heavy atom. The first-order chi connectivity index (χ1) is 9.45. The number of anilines is 1. The zero-order valence-corrected chi connectivity index (χ0v) is 11.3. The van der Waals surface area contributed by atoms with Crippen molar-refractivity contribution in [3.05, 3.63) is 30.3 Å². The SMILES string of the molecule is CNC(=O)C(C)NC(=O)N(CC(=O)O)c1ccccc1. The Morgan fingerprint density at radius 1 is 1.25 bits per heavy atom. The van der Waals surface area contributed by atoms with E-state index in [1.165, 1.54) is 14.0 Å². The van der Waals surface area contributed by atoms with E-state index in [0.29, 0.717) is 5.69 Å². The Labute approximate surface area is 116 Å². The molecule has 3 amide bonds. The number of nitrogens with zero attached hydrogens (tertiary/aromatic N) is 1. The molecular weight excluding hydrogens is 262 g/mol. The molecule has 0 spiro atoms. The third-order valence-corrected chi connectivity index (χ3v) is 2.59. The predicted molar refractivity (Wildman–Crippen MR) is 73.5 cm³/mol. The van der Waals surface area contributed by atoms with Crippen LogP contribution in [0.4, 0.5) is 10.5 Å². The molecule has 1 aromatic carbocycles. The van der Waals surface area contributed by atoms with E-state index in [2.05, 4.69) is 10.6 Å². The zero-order chi connectivity index (χ0) is 15.1. The molecule has 1 atom stereocenters. The summed E-state index contributed by atoms with van der Waals surface area (Å²) in [7, 11) is 1.46. The molecule has 20 heavy (non-hydrogen) atoms. The van der Waals surface area contributed by atoms with Gasteiger partial charge in [0.15, 0.2) is 0 Å². The molecule has 0 bridgehead atoms. The van der Waals surface area contributed by atoms with E-state index in [1.807, 2.05) is 0 Å². The van der Waals surface area contributed by atoms with Crippen molar-refractivity contribution in [1.29, 1.82) is 0 Å². The fraction of sp³-hybridized carbons (Fsp3) is 0.308. The number of hydrogen-bond acceptors (Lipinski definition) is 3. The van der Waals surface area contributed by atoms with Crippen molar-refractivity contribution in [1.82, 2.24) is 10.6 Å². The Bertz CT molecular complexity index is 490. The second kappa shape index (κ2) is 7.13. The lowest BCUT2D eigenvalue weighted by Gasteiger charge is -2.23. The molecule has 3 N–H and O–H groups in total. The minimum absolute atomic E-state index is 0.360. The van der Waals surface area contributed by atoms with Gasteiger partial charge in [-0.1, -0.05) is 18.2 Å². The Morgan fingerprint density at radius 2 is 1.85 bits per heavy atom. The second-order valence-corrected chi connectivity index (χ2v) is 4.10. The molecule has 0 aromatic heterocycles. The molecule has 0 saturated carbocycles. The minimum atomic E-state index is -1.14. The highest BCUT2D eigenvalue weighted by Gasteiger charge is 2.22. The number of carboxylic acids is 1. The number of rotatable bonds is 5. The van der Waals surface area contributed by atoms with Gasteiger partial charge in [-0.25, -0.2) is 4.79 Å². The molecule has 7 nitrogen and oxygen atoms in total. The highest BCUT2D eigenvalue weighted by molar-refractivity contribution is 5.98. The Kier molecular flexibility index (Phi) is 5.52. The number of urea groups is 1. The average molecular weight is 279 g/mol. The van der Waals surface area contributed by atoms with Crippen molar-refractivity contribution < 1.29 is 19.5 Å². The maximum Gasteiger partial charge on any atom is 0.323 e. The van der Waals surface area contributed by atoms with Gasteiger partial charge in [-0.2, -0.15) is 0 Å². The summed E-state index contributed by atoms with van der Waals surface area (Å²) in [5, 5.41) is 13.7. The number of carboxylic acid groups (broad SMARTS) is 1. The highest BCUT2D eigenvalue weighted by Crippen LogP contribution is 2.13. The molecule has 7 heteroatoms. The van der Waals surface area contributed by atoms with E-state index in [1.54, 1.807) is 30.3 Å². The normalized spacial score (nSPS) is 11.3. The number of aliphatic carboxylic acids is 1. The summed E-state index contributed by atoms with van der Waals surface area (Å²) in [6.45, 7) is 1.02. The lowest BCUT2D eigenvalue weighted by atomic mass is 10.3. The van der Waals surface area contributed by atoms with Gasteiger partial charge in [-0.15, -0.1) is 0 Å². The zero-order valence-electron chi connectivity index (χ0n) is 11.3. The van der Waals surface area contributed by atoms with E-state index in [0.717, 1.165) is 4.90 Å². The van der Waals surface area contributed by atoms with Gasteiger partial charge < -0.3 is 15.7 Å². The van der Waals surface area contributed by atoms with E-state index in [-0.39, 0.29) is 5.91 Å². The van der Waals surface area contributed by atoms with Gasteiger partial charge in [-0.3, -0.25) is 14.5 Å². The molecule has 1 aromatic rings. The molecule has 0 radical (unpaired) electrons. The van der Waals surface area contributed by atoms with Gasteiger partial charge in [-0.05, 0) is 19.1 Å². The molecule has 0 aliphatic rings. The summed E-state index contributed by atoms with van der Waals surface area (Å²) in [4.78, 5) is 35.4. The fourth-order valence-electron chi connectivity index (χ4n) is 1.57. The summed E-state index contributed by atoms with van der Waals surface area (Å²) >= 11 is 0. The molecule has 0 aliphatic carbocycles. The van der Waals surface area contributed by atoms with Crippen molar-refractivity contribution in [2.45, 2.75) is 13.0 Å². The predicted octanol–water partition coefficient (Wildman–Crippen LogP) is 0.422. The van der Waals surface area contributed by atoms with Gasteiger partial charge in [0.05, 0.1) is 0 Å². The van der Waals surface area contributed by atoms with Gasteiger partial charge in [0, 0.05) is 12.7 Å². The number of carbonyl (C=O) groups excluding carboxylic acids is 2. The number of likely N-dealkylation sites (N-methyl/N-ethyl adjacent to an activating group) is 1. The molecule has 108 valence electrons. The van der Waals surface area contributed by atoms with E-state index >= 15 is 0 Å². The van der Waals surface area contributed by atoms with Crippen LogP contribution in [0, 0.1) is 0 Å². The van der Waals surface area contributed by atoms with Crippen LogP contribution < -0.4 is 15.5 Å². The van der Waals surface area contributed by atoms with E-state index in [4.69, 9.17) is 5.11 Å². The number of amides is 3. The smallest absolute Gasteiger partial charge is 0.323 e. The van der Waals surface area contributed by atoms with Crippen molar-refractivity contribution in [3.8, 4) is 0 Å². The molecule has 1 rings (SSSR count). The van der Waals surface area contributed by atoms with Crippen molar-refractivity contribution in [3.63, 3.8) is 0 Å². The van der Waals surface area contributed by atoms with Crippen LogP contribution in [-0.2, 0) is 9.59 Å². The Hall–Kier alpha value is -2.57. The van der Waals surface area contributed by atoms with Crippen LogP contribution in [0.25, 0.3) is 0 Å². The average Bonchev–Trinajstić information content (AvgIpc) is 2.44. The molecule has 0 saturated heterocycles. The van der Waals surface area contributed by atoms with Crippen molar-refractivity contribution >= 4 is 23.6 Å². The summed E-state index contributed by atoms with van der Waals surface area (Å²) in [5.74, 6) is -1.50. The second-order valence-electron chi connectivity index (χ2n) is 4.10. The van der Waals surface area contributed by atoms with Crippen LogP contribution in [0.1, 0.15) is 6.92 Å². The molecule has 1 unspecified atom stereocenters. The summed E-state index contributed by atoms with van der Waals surface area (Å²) in [6, 6.07) is 6.98. The van der Waals surface area contributed by atoms with Crippen LogP contribution in [0.3, 0.4) is 0 Å². The summed E-state index contributed by atoms with van der Waals surface area (Å²) in [6.07, 6.45) is 0. The monoisotopic (exact) mass is 279 g/mol.